The molecule has 0 radical (unpaired) electrons. The number of likely N-dealkylation sites (tertiary alicyclic amines) is 1. The Labute approximate surface area is 110 Å². The molecule has 0 spiro atoms. The number of hydrogen-bond donors (Lipinski definition) is 3. The molecular formula is C12H18N2O5. The number of aliphatic carboxylic acids is 1. The average Bonchev–Trinajstić information content (AvgIpc) is 2.70. The molecule has 19 heavy (non-hydrogen) atoms. The van der Waals surface area contributed by atoms with Gasteiger partial charge < -0.3 is 20.4 Å². The molecule has 7 nitrogen and oxygen atoms in total. The number of hydrogen-bond acceptors (Lipinski definition) is 4. The summed E-state index contributed by atoms with van der Waals surface area (Å²) in [7, 11) is 0. The third kappa shape index (κ3) is 3.78. The lowest BCUT2D eigenvalue weighted by Crippen LogP contribution is -2.50. The standard InChI is InChI=1S/C12H18N2O5/c1-3-4-9(12(18)19)13-11(17)10-5-8(16)6-14(10)7(2)15/h3,8-10,16H,1,4-6H2,2H3,(H,13,17)(H,18,19)/t8-,9+,10+/m1/s1. The van der Waals surface area contributed by atoms with E-state index >= 15 is 0 Å². The fourth-order valence-corrected chi connectivity index (χ4v) is 2.07. The SMILES string of the molecule is C=CC[C@H](NC(=O)[C@@H]1C[C@@H](O)CN1C(C)=O)C(=O)O. The number of nitrogens with one attached hydrogen (secondary N) is 1. The lowest BCUT2D eigenvalue weighted by Gasteiger charge is -2.23. The maximum Gasteiger partial charge on any atom is 0.326 e. The summed E-state index contributed by atoms with van der Waals surface area (Å²) in [6.07, 6.45) is 0.843. The summed E-state index contributed by atoms with van der Waals surface area (Å²) in [5.74, 6) is -2.06. The Bertz CT molecular complexity index is 396. The number of nitrogens with zero attached hydrogens (tertiary/aromatic N) is 1. The minimum Gasteiger partial charge on any atom is -0.480 e. The number of amides is 2. The van der Waals surface area contributed by atoms with Crippen molar-refractivity contribution in [1.29, 1.82) is 0 Å². The lowest BCUT2D eigenvalue weighted by atomic mass is 10.1. The van der Waals surface area contributed by atoms with Crippen LogP contribution in [0.4, 0.5) is 0 Å². The Morgan fingerprint density at radius 1 is 1.53 bits per heavy atom. The van der Waals surface area contributed by atoms with Gasteiger partial charge in [-0.1, -0.05) is 6.08 Å². The van der Waals surface area contributed by atoms with Gasteiger partial charge in [0.2, 0.25) is 11.8 Å². The van der Waals surface area contributed by atoms with Gasteiger partial charge in [0.1, 0.15) is 12.1 Å². The molecule has 0 unspecified atom stereocenters. The second-order valence-corrected chi connectivity index (χ2v) is 4.50. The van der Waals surface area contributed by atoms with E-state index < -0.39 is 30.1 Å². The van der Waals surface area contributed by atoms with Crippen molar-refractivity contribution in [2.45, 2.75) is 38.0 Å². The van der Waals surface area contributed by atoms with Crippen LogP contribution < -0.4 is 5.32 Å². The van der Waals surface area contributed by atoms with Crippen molar-refractivity contribution in [1.82, 2.24) is 10.2 Å². The van der Waals surface area contributed by atoms with E-state index in [1.54, 1.807) is 0 Å². The molecule has 3 atom stereocenters. The zero-order valence-corrected chi connectivity index (χ0v) is 10.7. The molecule has 3 N–H and O–H groups in total. The quantitative estimate of drug-likeness (QED) is 0.562. The van der Waals surface area contributed by atoms with Crippen molar-refractivity contribution < 1.29 is 24.6 Å². The van der Waals surface area contributed by atoms with E-state index in [0.29, 0.717) is 0 Å². The Hall–Kier alpha value is -1.89. The highest BCUT2D eigenvalue weighted by molar-refractivity contribution is 5.90. The van der Waals surface area contributed by atoms with Crippen molar-refractivity contribution in [2.75, 3.05) is 6.54 Å². The van der Waals surface area contributed by atoms with Gasteiger partial charge in [-0.2, -0.15) is 0 Å². The minimum absolute atomic E-state index is 0.0899. The molecule has 1 aliphatic heterocycles. The predicted octanol–water partition coefficient (Wildman–Crippen LogP) is -0.886. The first-order chi connectivity index (χ1) is 8.86. The maximum atomic E-state index is 12.0. The summed E-state index contributed by atoms with van der Waals surface area (Å²) in [6.45, 7) is 4.82. The zero-order valence-electron chi connectivity index (χ0n) is 10.7. The minimum atomic E-state index is -1.17. The first-order valence-electron chi connectivity index (χ1n) is 5.96. The predicted molar refractivity (Wildman–Crippen MR) is 66.2 cm³/mol. The molecule has 1 rings (SSSR count). The molecule has 106 valence electrons. The van der Waals surface area contributed by atoms with Crippen LogP contribution in [0.5, 0.6) is 0 Å². The maximum absolute atomic E-state index is 12.0. The fourth-order valence-electron chi connectivity index (χ4n) is 2.07. The zero-order chi connectivity index (χ0) is 14.6. The largest absolute Gasteiger partial charge is 0.480 e. The highest BCUT2D eigenvalue weighted by Gasteiger charge is 2.38. The number of aliphatic hydroxyl groups is 1. The van der Waals surface area contributed by atoms with Crippen LogP contribution in [-0.4, -0.2) is 57.6 Å². The number of carbonyl (C=O) groups excluding carboxylic acids is 2. The summed E-state index contributed by atoms with van der Waals surface area (Å²) < 4.78 is 0. The monoisotopic (exact) mass is 270 g/mol. The second-order valence-electron chi connectivity index (χ2n) is 4.50. The van der Waals surface area contributed by atoms with Crippen LogP contribution in [0, 0.1) is 0 Å². The molecule has 0 aliphatic carbocycles. The van der Waals surface area contributed by atoms with E-state index in [4.69, 9.17) is 5.11 Å². The van der Waals surface area contributed by atoms with Crippen LogP contribution in [0.2, 0.25) is 0 Å². The number of aliphatic hydroxyl groups excluding tert-OH is 1. The van der Waals surface area contributed by atoms with Crippen molar-refractivity contribution in [3.8, 4) is 0 Å². The molecular weight excluding hydrogens is 252 g/mol. The van der Waals surface area contributed by atoms with Crippen molar-refractivity contribution in [3.63, 3.8) is 0 Å². The molecule has 0 aromatic rings. The molecule has 1 saturated heterocycles. The van der Waals surface area contributed by atoms with Gasteiger partial charge in [0.25, 0.3) is 0 Å². The topological polar surface area (TPSA) is 107 Å². The summed E-state index contributed by atoms with van der Waals surface area (Å²) in [5.41, 5.74) is 0. The van der Waals surface area contributed by atoms with Crippen LogP contribution >= 0.6 is 0 Å². The summed E-state index contributed by atoms with van der Waals surface area (Å²) in [4.78, 5) is 35.5. The molecule has 0 saturated carbocycles. The van der Waals surface area contributed by atoms with E-state index in [1.165, 1.54) is 17.9 Å². The van der Waals surface area contributed by atoms with E-state index in [9.17, 15) is 19.5 Å². The average molecular weight is 270 g/mol. The Morgan fingerprint density at radius 3 is 2.63 bits per heavy atom. The van der Waals surface area contributed by atoms with E-state index in [1.807, 2.05) is 0 Å². The van der Waals surface area contributed by atoms with Gasteiger partial charge in [0.15, 0.2) is 0 Å². The van der Waals surface area contributed by atoms with Crippen molar-refractivity contribution >= 4 is 17.8 Å². The van der Waals surface area contributed by atoms with Gasteiger partial charge >= 0.3 is 5.97 Å². The van der Waals surface area contributed by atoms with Gasteiger partial charge in [0.05, 0.1) is 6.10 Å². The first-order valence-corrected chi connectivity index (χ1v) is 5.96. The Balaban J connectivity index is 2.73. The number of carboxylic acids is 1. The smallest absolute Gasteiger partial charge is 0.326 e. The van der Waals surface area contributed by atoms with Crippen LogP contribution in [0.3, 0.4) is 0 Å². The summed E-state index contributed by atoms with van der Waals surface area (Å²) >= 11 is 0. The van der Waals surface area contributed by atoms with Gasteiger partial charge in [-0.15, -0.1) is 6.58 Å². The molecule has 0 aromatic carbocycles. The van der Waals surface area contributed by atoms with Gasteiger partial charge in [0, 0.05) is 19.9 Å². The molecule has 0 bridgehead atoms. The Kier molecular flexibility index (Phi) is 5.05. The van der Waals surface area contributed by atoms with E-state index in [-0.39, 0.29) is 25.3 Å². The summed E-state index contributed by atoms with van der Waals surface area (Å²) in [5, 5.41) is 20.8. The highest BCUT2D eigenvalue weighted by atomic mass is 16.4. The number of carbonyl (C=O) groups is 3. The number of rotatable bonds is 5. The first kappa shape index (κ1) is 15.2. The van der Waals surface area contributed by atoms with Crippen LogP contribution in [-0.2, 0) is 14.4 Å². The third-order valence-electron chi connectivity index (χ3n) is 3.00. The summed E-state index contributed by atoms with van der Waals surface area (Å²) in [6, 6.07) is -1.89. The second kappa shape index (κ2) is 6.33. The van der Waals surface area contributed by atoms with Gasteiger partial charge in [-0.25, -0.2) is 4.79 Å². The molecule has 0 aromatic heterocycles. The van der Waals surface area contributed by atoms with Gasteiger partial charge in [-0.05, 0) is 6.42 Å². The fraction of sp³-hybridized carbons (Fsp3) is 0.583. The lowest BCUT2D eigenvalue weighted by molar-refractivity contribution is -0.143. The molecule has 1 fully saturated rings. The highest BCUT2D eigenvalue weighted by Crippen LogP contribution is 2.18. The van der Waals surface area contributed by atoms with Crippen LogP contribution in [0.15, 0.2) is 12.7 Å². The van der Waals surface area contributed by atoms with Crippen molar-refractivity contribution in [2.24, 2.45) is 0 Å². The molecule has 1 aliphatic rings. The van der Waals surface area contributed by atoms with E-state index in [0.717, 1.165) is 0 Å². The third-order valence-corrected chi connectivity index (χ3v) is 3.00. The number of β-amino-alcohol motifs (C(OH)–C–C–N with tert-alkyl or cyclic N) is 1. The normalized spacial score (nSPS) is 23.8. The number of carboxylic acid groups (broad SMARTS) is 1. The Morgan fingerprint density at radius 2 is 2.16 bits per heavy atom. The van der Waals surface area contributed by atoms with Crippen LogP contribution in [0.25, 0.3) is 0 Å². The van der Waals surface area contributed by atoms with E-state index in [2.05, 4.69) is 11.9 Å². The molecule has 1 heterocycles. The molecule has 2 amide bonds. The van der Waals surface area contributed by atoms with Crippen molar-refractivity contribution in [3.05, 3.63) is 12.7 Å². The molecule has 7 heteroatoms. The van der Waals surface area contributed by atoms with Crippen LogP contribution in [0.1, 0.15) is 19.8 Å². The van der Waals surface area contributed by atoms with Gasteiger partial charge in [-0.3, -0.25) is 9.59 Å².